The maximum atomic E-state index is 13.1. The molecule has 0 aliphatic rings. The molecule has 0 bridgehead atoms. The summed E-state index contributed by atoms with van der Waals surface area (Å²) in [7, 11) is 0. The van der Waals surface area contributed by atoms with Crippen LogP contribution >= 0.6 is 0 Å². The molecular weight excluding hydrogens is 512 g/mol. The van der Waals surface area contributed by atoms with Gasteiger partial charge in [0.2, 0.25) is 0 Å². The lowest BCUT2D eigenvalue weighted by Gasteiger charge is -2.10. The van der Waals surface area contributed by atoms with Crippen LogP contribution in [0.1, 0.15) is 27.7 Å². The first kappa shape index (κ1) is 26.4. The van der Waals surface area contributed by atoms with Crippen LogP contribution < -0.4 is 42.6 Å². The molecule has 0 aliphatic carbocycles. The Morgan fingerprint density at radius 1 is 0.350 bits per heavy atom. The van der Waals surface area contributed by atoms with Crippen LogP contribution in [-0.2, 0) is 0 Å². The van der Waals surface area contributed by atoms with Crippen LogP contribution in [0.2, 0.25) is 0 Å². The molecule has 0 saturated carbocycles. The molecule has 40 heavy (non-hydrogen) atoms. The molecule has 5 aromatic carbocycles. The van der Waals surface area contributed by atoms with Gasteiger partial charge in [-0.3, -0.25) is 19.2 Å². The van der Waals surface area contributed by atoms with Gasteiger partial charge < -0.3 is 20.4 Å². The summed E-state index contributed by atoms with van der Waals surface area (Å²) in [6.45, 7) is 5.42. The minimum absolute atomic E-state index is 0.00614. The minimum atomic E-state index is -0.519. The standard InChI is InChI=1S/C32H24O8/c1-13(33)17-5-21-22-6-18(14(2)34)30(38)10-26(22)28-12-32(40)20(16(4)36)8-24(28)23-7-19(15(3)35)31(39)11-27(23)25(21)9-29(17)37/h5-12,33-36H,1-4H3/b17-13-,18-14-,19-15-,20-16+. The molecule has 8 heteroatoms. The van der Waals surface area contributed by atoms with Gasteiger partial charge in [-0.05, 0) is 119 Å². The van der Waals surface area contributed by atoms with Crippen LogP contribution in [0.3, 0.4) is 0 Å². The second kappa shape index (κ2) is 9.20. The zero-order valence-electron chi connectivity index (χ0n) is 22.0. The predicted octanol–water partition coefficient (Wildman–Crippen LogP) is 1.92. The van der Waals surface area contributed by atoms with Crippen molar-refractivity contribution in [1.29, 1.82) is 0 Å². The van der Waals surface area contributed by atoms with Gasteiger partial charge in [-0.15, -0.1) is 0 Å². The number of aliphatic hydroxyl groups excluding tert-OH is 4. The van der Waals surface area contributed by atoms with E-state index in [0.29, 0.717) is 43.1 Å². The monoisotopic (exact) mass is 536 g/mol. The van der Waals surface area contributed by atoms with Crippen molar-refractivity contribution < 1.29 is 20.4 Å². The lowest BCUT2D eigenvalue weighted by molar-refractivity contribution is 0.498. The van der Waals surface area contributed by atoms with Crippen molar-refractivity contribution >= 4 is 66.1 Å². The van der Waals surface area contributed by atoms with Crippen LogP contribution in [-0.4, -0.2) is 20.4 Å². The van der Waals surface area contributed by atoms with Crippen molar-refractivity contribution in [2.75, 3.05) is 0 Å². The quantitative estimate of drug-likeness (QED) is 0.235. The number of hydrogen-bond donors (Lipinski definition) is 4. The number of aliphatic hydroxyl groups is 4. The van der Waals surface area contributed by atoms with Gasteiger partial charge in [0, 0.05) is 0 Å². The molecule has 0 spiro atoms. The third-order valence-electron chi connectivity index (χ3n) is 7.20. The minimum Gasteiger partial charge on any atom is -0.512 e. The topological polar surface area (TPSA) is 149 Å². The van der Waals surface area contributed by atoms with Crippen LogP contribution in [0.15, 0.2) is 67.7 Å². The Kier molecular flexibility index (Phi) is 6.06. The smallest absolute Gasteiger partial charge is 0.189 e. The molecule has 200 valence electrons. The average Bonchev–Trinajstić information content (AvgIpc) is 2.87. The molecule has 5 rings (SSSR count). The van der Waals surface area contributed by atoms with Crippen molar-refractivity contribution in [3.8, 4) is 0 Å². The molecule has 5 aromatic rings. The Hall–Kier alpha value is -5.24. The fourth-order valence-electron chi connectivity index (χ4n) is 5.23. The maximum Gasteiger partial charge on any atom is 0.189 e. The second-order valence-electron chi connectivity index (χ2n) is 9.92. The molecule has 0 atom stereocenters. The number of hydrogen-bond acceptors (Lipinski definition) is 8. The molecule has 0 amide bonds. The molecular formula is C32H24O8. The van der Waals surface area contributed by atoms with E-state index in [-0.39, 0.29) is 43.9 Å². The molecule has 0 unspecified atom stereocenters. The third kappa shape index (κ3) is 4.01. The van der Waals surface area contributed by atoms with Crippen LogP contribution in [0.4, 0.5) is 0 Å². The number of fused-ring (bicyclic) bond motifs is 8. The molecule has 4 N–H and O–H groups in total. The molecule has 8 nitrogen and oxygen atoms in total. The fraction of sp³-hybridized carbons (Fsp3) is 0.125. The second-order valence-corrected chi connectivity index (χ2v) is 9.92. The molecule has 0 heterocycles. The summed E-state index contributed by atoms with van der Waals surface area (Å²) in [6, 6.07) is 10.9. The van der Waals surface area contributed by atoms with Crippen molar-refractivity contribution in [3.63, 3.8) is 0 Å². The summed E-state index contributed by atoms with van der Waals surface area (Å²) in [5.41, 5.74) is -2.08. The molecule has 0 aliphatic heterocycles. The van der Waals surface area contributed by atoms with E-state index < -0.39 is 21.7 Å². The van der Waals surface area contributed by atoms with Crippen molar-refractivity contribution in [1.82, 2.24) is 0 Å². The Morgan fingerprint density at radius 3 is 0.650 bits per heavy atom. The molecule has 0 aromatic heterocycles. The number of rotatable bonds is 0. The first-order chi connectivity index (χ1) is 18.8. The lowest BCUT2D eigenvalue weighted by atomic mass is 9.92. The fourth-order valence-corrected chi connectivity index (χ4v) is 5.23. The van der Waals surface area contributed by atoms with Gasteiger partial charge in [0.25, 0.3) is 0 Å². The average molecular weight is 537 g/mol. The van der Waals surface area contributed by atoms with Gasteiger partial charge in [0.05, 0.1) is 20.9 Å². The zero-order chi connectivity index (χ0) is 29.2. The van der Waals surface area contributed by atoms with Gasteiger partial charge in [0.1, 0.15) is 23.0 Å². The van der Waals surface area contributed by atoms with E-state index in [0.717, 1.165) is 0 Å². The summed E-state index contributed by atoms with van der Waals surface area (Å²) in [5.74, 6) is -0.969. The summed E-state index contributed by atoms with van der Waals surface area (Å²) in [4.78, 5) is 52.4. The highest BCUT2D eigenvalue weighted by Crippen LogP contribution is 2.32. The SMILES string of the molecule is C/C(O)=c1\cc2c(cc1=O)c1cc(=O)/c(=C(/C)O)cc1c1c/c(=C(/C)O)c(=O)cc1c1cc(=O)/c(=C(/C)O)cc12. The summed E-state index contributed by atoms with van der Waals surface area (Å²) in [5, 5.41) is 43.7. The van der Waals surface area contributed by atoms with Gasteiger partial charge in [-0.25, -0.2) is 0 Å². The molecule has 0 saturated heterocycles. The van der Waals surface area contributed by atoms with E-state index in [1.54, 1.807) is 0 Å². The Balaban J connectivity index is 2.43. The largest absolute Gasteiger partial charge is 0.512 e. The van der Waals surface area contributed by atoms with Gasteiger partial charge in [-0.1, -0.05) is 0 Å². The highest BCUT2D eigenvalue weighted by Gasteiger charge is 2.14. The Bertz CT molecular complexity index is 2110. The van der Waals surface area contributed by atoms with Gasteiger partial charge in [0.15, 0.2) is 21.7 Å². The van der Waals surface area contributed by atoms with E-state index in [1.807, 2.05) is 0 Å². The van der Waals surface area contributed by atoms with Crippen LogP contribution in [0, 0.1) is 0 Å². The van der Waals surface area contributed by atoms with Gasteiger partial charge in [-0.2, -0.15) is 0 Å². The van der Waals surface area contributed by atoms with E-state index in [9.17, 15) is 39.6 Å². The van der Waals surface area contributed by atoms with Crippen molar-refractivity contribution in [3.05, 3.63) is 110 Å². The first-order valence-electron chi connectivity index (χ1n) is 12.3. The molecule has 0 fully saturated rings. The lowest BCUT2D eigenvalue weighted by Crippen LogP contribution is -2.28. The molecule has 0 radical (unpaired) electrons. The highest BCUT2D eigenvalue weighted by atomic mass is 16.3. The van der Waals surface area contributed by atoms with Crippen LogP contribution in [0.5, 0.6) is 0 Å². The first-order valence-corrected chi connectivity index (χ1v) is 12.3. The van der Waals surface area contributed by atoms with Crippen molar-refractivity contribution in [2.45, 2.75) is 27.7 Å². The van der Waals surface area contributed by atoms with E-state index >= 15 is 0 Å². The zero-order valence-corrected chi connectivity index (χ0v) is 22.0. The predicted molar refractivity (Wildman–Crippen MR) is 158 cm³/mol. The number of benzene rings is 4. The van der Waals surface area contributed by atoms with E-state index in [4.69, 9.17) is 0 Å². The highest BCUT2D eigenvalue weighted by molar-refractivity contribution is 6.25. The normalized spacial score (nSPS) is 14.9. The van der Waals surface area contributed by atoms with Crippen LogP contribution in [0.25, 0.3) is 66.1 Å². The third-order valence-corrected chi connectivity index (χ3v) is 7.20. The van der Waals surface area contributed by atoms with Gasteiger partial charge >= 0.3 is 0 Å². The van der Waals surface area contributed by atoms with Crippen molar-refractivity contribution in [2.24, 2.45) is 0 Å². The van der Waals surface area contributed by atoms with E-state index in [1.165, 1.54) is 76.2 Å². The summed E-state index contributed by atoms with van der Waals surface area (Å²) in [6.07, 6.45) is 0. The van der Waals surface area contributed by atoms with E-state index in [2.05, 4.69) is 0 Å². The Labute approximate surface area is 224 Å². The summed E-state index contributed by atoms with van der Waals surface area (Å²) < 4.78 is 0. The maximum absolute atomic E-state index is 13.1. The Morgan fingerprint density at radius 2 is 0.500 bits per heavy atom. The summed E-state index contributed by atoms with van der Waals surface area (Å²) >= 11 is 0.